The van der Waals surface area contributed by atoms with Gasteiger partial charge in [0.05, 0.1) is 15.5 Å². The molecular formula is C21H28ClN3O3S. The highest BCUT2D eigenvalue weighted by atomic mass is 35.5. The van der Waals surface area contributed by atoms with E-state index < -0.39 is 15.9 Å². The molecule has 0 aliphatic heterocycles. The number of halogens is 1. The van der Waals surface area contributed by atoms with Crippen molar-refractivity contribution in [1.29, 1.82) is 0 Å². The predicted octanol–water partition coefficient (Wildman–Crippen LogP) is 3.36. The third kappa shape index (κ3) is 6.02. The van der Waals surface area contributed by atoms with Gasteiger partial charge in [0.2, 0.25) is 10.0 Å². The number of rotatable bonds is 8. The minimum atomic E-state index is -3.70. The fraction of sp³-hybridized carbons (Fsp3) is 0.381. The monoisotopic (exact) mass is 437 g/mol. The molecule has 6 nitrogen and oxygen atoms in total. The first-order valence-electron chi connectivity index (χ1n) is 9.30. The summed E-state index contributed by atoms with van der Waals surface area (Å²) < 4.78 is 26.6. The number of nitrogens with one attached hydrogen (secondary N) is 1. The Morgan fingerprint density at radius 3 is 2.17 bits per heavy atom. The fourth-order valence-electron chi connectivity index (χ4n) is 2.69. The molecule has 0 spiro atoms. The predicted molar refractivity (Wildman–Crippen MR) is 117 cm³/mol. The quantitative estimate of drug-likeness (QED) is 0.687. The summed E-state index contributed by atoms with van der Waals surface area (Å²) in [6.45, 7) is 4.73. The summed E-state index contributed by atoms with van der Waals surface area (Å²) in [4.78, 5) is 14.7. The van der Waals surface area contributed by atoms with Crippen molar-refractivity contribution < 1.29 is 13.2 Å². The lowest BCUT2D eigenvalue weighted by atomic mass is 10.1. The van der Waals surface area contributed by atoms with Gasteiger partial charge in [-0.1, -0.05) is 35.9 Å². The fourth-order valence-corrected chi connectivity index (χ4v) is 4.29. The third-order valence-electron chi connectivity index (χ3n) is 4.56. The molecule has 0 saturated carbocycles. The lowest BCUT2D eigenvalue weighted by Crippen LogP contribution is -2.33. The number of nitrogens with zero attached hydrogens (tertiary/aromatic N) is 2. The van der Waals surface area contributed by atoms with Crippen molar-refractivity contribution in [3.63, 3.8) is 0 Å². The van der Waals surface area contributed by atoms with Gasteiger partial charge in [0.15, 0.2) is 0 Å². The second-order valence-corrected chi connectivity index (χ2v) is 9.90. The average molecular weight is 438 g/mol. The molecule has 2 aromatic rings. The smallest absolute Gasteiger partial charge is 0.253 e. The van der Waals surface area contributed by atoms with Crippen molar-refractivity contribution in [2.24, 2.45) is 0 Å². The molecular weight excluding hydrogens is 410 g/mol. The molecule has 0 atom stereocenters. The summed E-state index contributed by atoms with van der Waals surface area (Å²) in [5.41, 5.74) is 2.26. The maximum Gasteiger partial charge on any atom is 0.253 e. The second-order valence-electron chi connectivity index (χ2n) is 7.49. The van der Waals surface area contributed by atoms with Crippen LogP contribution in [0.1, 0.15) is 35.3 Å². The van der Waals surface area contributed by atoms with Gasteiger partial charge in [-0.2, -0.15) is 4.31 Å². The summed E-state index contributed by atoms with van der Waals surface area (Å²) in [7, 11) is 1.82. The Balaban J connectivity index is 2.15. The third-order valence-corrected chi connectivity index (χ3v) is 6.92. The molecule has 2 aromatic carbocycles. The van der Waals surface area contributed by atoms with E-state index in [4.69, 9.17) is 11.6 Å². The van der Waals surface area contributed by atoms with E-state index in [-0.39, 0.29) is 21.5 Å². The Kier molecular flexibility index (Phi) is 7.82. The summed E-state index contributed by atoms with van der Waals surface area (Å²) in [6, 6.07) is 11.9. The Labute approximate surface area is 178 Å². The average Bonchev–Trinajstić information content (AvgIpc) is 2.66. The SMILES string of the molecule is CC(C)N(C)S(=O)(=O)c1ccc(Cl)c(C(=O)NCc2ccc(CN(C)C)cc2)c1. The number of benzene rings is 2. The molecule has 1 N–H and O–H groups in total. The van der Waals surface area contributed by atoms with Crippen molar-refractivity contribution in [2.75, 3.05) is 21.1 Å². The normalized spacial score (nSPS) is 12.0. The second kappa shape index (κ2) is 9.71. The van der Waals surface area contributed by atoms with Gasteiger partial charge in [-0.25, -0.2) is 8.42 Å². The highest BCUT2D eigenvalue weighted by Crippen LogP contribution is 2.23. The number of carbonyl (C=O) groups is 1. The van der Waals surface area contributed by atoms with Crippen molar-refractivity contribution >= 4 is 27.5 Å². The molecule has 0 aliphatic carbocycles. The number of hydrogen-bond donors (Lipinski definition) is 1. The Morgan fingerprint density at radius 1 is 1.03 bits per heavy atom. The first-order valence-corrected chi connectivity index (χ1v) is 11.1. The molecule has 0 fully saturated rings. The summed E-state index contributed by atoms with van der Waals surface area (Å²) in [6.07, 6.45) is 0. The van der Waals surface area contributed by atoms with Gasteiger partial charge in [0.25, 0.3) is 5.91 Å². The molecule has 158 valence electrons. The number of carbonyl (C=O) groups excluding carboxylic acids is 1. The van der Waals surface area contributed by atoms with E-state index in [2.05, 4.69) is 10.2 Å². The van der Waals surface area contributed by atoms with Crippen LogP contribution in [0.25, 0.3) is 0 Å². The zero-order valence-electron chi connectivity index (χ0n) is 17.4. The molecule has 8 heteroatoms. The van der Waals surface area contributed by atoms with Gasteiger partial charge in [-0.3, -0.25) is 4.79 Å². The van der Waals surface area contributed by atoms with Gasteiger partial charge in [0, 0.05) is 26.2 Å². The molecule has 0 aromatic heterocycles. The van der Waals surface area contributed by atoms with Crippen LogP contribution in [-0.2, 0) is 23.1 Å². The molecule has 2 rings (SSSR count). The van der Waals surface area contributed by atoms with Crippen LogP contribution in [0.15, 0.2) is 47.4 Å². The molecule has 29 heavy (non-hydrogen) atoms. The van der Waals surface area contributed by atoms with Crippen molar-refractivity contribution in [1.82, 2.24) is 14.5 Å². The standard InChI is InChI=1S/C21H28ClN3O3S/c1-15(2)25(5)29(27,28)18-10-11-20(22)19(12-18)21(26)23-13-16-6-8-17(9-7-16)14-24(3)4/h6-12,15H,13-14H2,1-5H3,(H,23,26). The summed E-state index contributed by atoms with van der Waals surface area (Å²) in [5, 5.41) is 3.01. The summed E-state index contributed by atoms with van der Waals surface area (Å²) in [5.74, 6) is -0.420. The van der Waals surface area contributed by atoms with Gasteiger partial charge in [-0.05, 0) is 57.3 Å². The molecule has 0 radical (unpaired) electrons. The Morgan fingerprint density at radius 2 is 1.62 bits per heavy atom. The van der Waals surface area contributed by atoms with Crippen LogP contribution in [0.4, 0.5) is 0 Å². The van der Waals surface area contributed by atoms with E-state index in [1.165, 1.54) is 35.1 Å². The van der Waals surface area contributed by atoms with Crippen molar-refractivity contribution in [3.8, 4) is 0 Å². The zero-order valence-corrected chi connectivity index (χ0v) is 19.0. The van der Waals surface area contributed by atoms with E-state index in [1.807, 2.05) is 38.4 Å². The van der Waals surface area contributed by atoms with Crippen LogP contribution in [0, 0.1) is 0 Å². The van der Waals surface area contributed by atoms with Crippen LogP contribution in [-0.4, -0.2) is 50.7 Å². The number of sulfonamides is 1. The highest BCUT2D eigenvalue weighted by Gasteiger charge is 2.25. The van der Waals surface area contributed by atoms with E-state index in [0.29, 0.717) is 6.54 Å². The van der Waals surface area contributed by atoms with E-state index in [0.717, 1.165) is 12.1 Å². The zero-order chi connectivity index (χ0) is 21.8. The van der Waals surface area contributed by atoms with Crippen molar-refractivity contribution in [3.05, 3.63) is 64.2 Å². The lowest BCUT2D eigenvalue weighted by Gasteiger charge is -2.21. The minimum Gasteiger partial charge on any atom is -0.348 e. The lowest BCUT2D eigenvalue weighted by molar-refractivity contribution is 0.0951. The Bertz CT molecular complexity index is 958. The highest BCUT2D eigenvalue weighted by molar-refractivity contribution is 7.89. The topological polar surface area (TPSA) is 69.7 Å². The Hall–Kier alpha value is -1.93. The maximum atomic E-state index is 12.7. The van der Waals surface area contributed by atoms with Gasteiger partial charge in [-0.15, -0.1) is 0 Å². The first kappa shape index (κ1) is 23.3. The van der Waals surface area contributed by atoms with Crippen LogP contribution in [0.3, 0.4) is 0 Å². The number of amides is 1. The maximum absolute atomic E-state index is 12.7. The molecule has 1 amide bonds. The van der Waals surface area contributed by atoms with Gasteiger partial charge >= 0.3 is 0 Å². The van der Waals surface area contributed by atoms with E-state index in [9.17, 15) is 13.2 Å². The molecule has 0 heterocycles. The molecule has 0 bridgehead atoms. The van der Waals surface area contributed by atoms with Gasteiger partial charge < -0.3 is 10.2 Å². The molecule has 0 unspecified atom stereocenters. The van der Waals surface area contributed by atoms with Gasteiger partial charge in [0.1, 0.15) is 0 Å². The largest absolute Gasteiger partial charge is 0.348 e. The number of hydrogen-bond acceptors (Lipinski definition) is 4. The van der Waals surface area contributed by atoms with E-state index >= 15 is 0 Å². The molecule has 0 aliphatic rings. The minimum absolute atomic E-state index is 0.0382. The summed E-state index contributed by atoms with van der Waals surface area (Å²) >= 11 is 6.16. The van der Waals surface area contributed by atoms with Crippen LogP contribution < -0.4 is 5.32 Å². The molecule has 0 saturated heterocycles. The van der Waals surface area contributed by atoms with Crippen LogP contribution >= 0.6 is 11.6 Å². The van der Waals surface area contributed by atoms with E-state index in [1.54, 1.807) is 13.8 Å². The van der Waals surface area contributed by atoms with Crippen LogP contribution in [0.5, 0.6) is 0 Å². The first-order chi connectivity index (χ1) is 13.5. The van der Waals surface area contributed by atoms with Crippen molar-refractivity contribution in [2.45, 2.75) is 37.9 Å². The van der Waals surface area contributed by atoms with Crippen LogP contribution in [0.2, 0.25) is 5.02 Å².